The summed E-state index contributed by atoms with van der Waals surface area (Å²) in [7, 11) is 3.02. The van der Waals surface area contributed by atoms with Crippen molar-refractivity contribution in [2.45, 2.75) is 63.9 Å². The zero-order valence-corrected chi connectivity index (χ0v) is 26.2. The number of ether oxygens (including phenoxy) is 2. The molecule has 0 aliphatic carbocycles. The van der Waals surface area contributed by atoms with Crippen molar-refractivity contribution < 1.29 is 33.4 Å². The second kappa shape index (κ2) is 14.7. The number of methoxy groups -OCH3 is 1. The van der Waals surface area contributed by atoms with Gasteiger partial charge < -0.3 is 35.2 Å². The zero-order valence-electron chi connectivity index (χ0n) is 26.2. The number of likely N-dealkylation sites (N-methyl/N-ethyl adjacent to an activating group) is 1. The van der Waals surface area contributed by atoms with E-state index in [2.05, 4.69) is 16.0 Å². The number of likely N-dealkylation sites (tertiary alicyclic amines) is 1. The van der Waals surface area contributed by atoms with E-state index in [9.17, 15) is 24.0 Å². The molecule has 1 fully saturated rings. The van der Waals surface area contributed by atoms with Gasteiger partial charge in [0.15, 0.2) is 0 Å². The van der Waals surface area contributed by atoms with Crippen molar-refractivity contribution in [2.75, 3.05) is 20.7 Å². The van der Waals surface area contributed by atoms with E-state index in [1.165, 1.54) is 30.2 Å². The molecule has 45 heavy (non-hydrogen) atoms. The van der Waals surface area contributed by atoms with Crippen molar-refractivity contribution in [2.24, 2.45) is 5.92 Å². The molecular weight excluding hydrogens is 578 g/mol. The second-order valence-electron chi connectivity index (χ2n) is 11.6. The lowest BCUT2D eigenvalue weighted by Gasteiger charge is -2.33. The van der Waals surface area contributed by atoms with E-state index >= 15 is 0 Å². The standard InChI is InChI=1S/C33H41N5O7/c1-20(2)28(36-30(40)21(3)37(4)19-39)33(43)38-16-14-27-29(38)32(42)35-25(17-22-9-7-6-8-10-22)31(41)34-15-13-23-18-24(45-27)11-12-26(23)44-5/h6-13,15,18-21,25,27-29H,14,16-17H2,1-5H3,(H,34,41)(H,35,42)(H,36,40)/b15-13-. The molecule has 0 aromatic heterocycles. The van der Waals surface area contributed by atoms with Gasteiger partial charge in [-0.15, -0.1) is 0 Å². The van der Waals surface area contributed by atoms with Crippen LogP contribution in [-0.2, 0) is 30.4 Å². The van der Waals surface area contributed by atoms with Gasteiger partial charge in [0, 0.05) is 38.2 Å². The van der Waals surface area contributed by atoms with Crippen LogP contribution >= 0.6 is 0 Å². The quantitative estimate of drug-likeness (QED) is 0.361. The van der Waals surface area contributed by atoms with E-state index < -0.39 is 53.9 Å². The molecule has 2 aliphatic heterocycles. The fraction of sp³-hybridized carbons (Fsp3) is 0.424. The predicted octanol–water partition coefficient (Wildman–Crippen LogP) is 1.49. The number of hydrogen-bond acceptors (Lipinski definition) is 7. The highest BCUT2D eigenvalue weighted by molar-refractivity contribution is 5.96. The minimum Gasteiger partial charge on any atom is -0.496 e. The maximum absolute atomic E-state index is 14.1. The van der Waals surface area contributed by atoms with Gasteiger partial charge in [-0.25, -0.2) is 0 Å². The molecule has 4 rings (SSSR count). The number of carbonyl (C=O) groups is 5. The largest absolute Gasteiger partial charge is 0.496 e. The molecule has 2 aromatic carbocycles. The summed E-state index contributed by atoms with van der Waals surface area (Å²) in [5, 5.41) is 8.40. The molecule has 0 saturated carbocycles. The Labute approximate surface area is 263 Å². The molecular formula is C33H41N5O7. The minimum absolute atomic E-state index is 0.183. The van der Waals surface area contributed by atoms with Crippen molar-refractivity contribution in [1.29, 1.82) is 0 Å². The van der Waals surface area contributed by atoms with E-state index in [0.29, 0.717) is 29.9 Å². The molecule has 0 spiro atoms. The minimum atomic E-state index is -1.10. The summed E-state index contributed by atoms with van der Waals surface area (Å²) in [5.74, 6) is -1.27. The van der Waals surface area contributed by atoms with E-state index in [1.807, 2.05) is 30.3 Å². The van der Waals surface area contributed by atoms with Gasteiger partial charge in [0.2, 0.25) is 30.0 Å². The fourth-order valence-electron chi connectivity index (χ4n) is 5.41. The van der Waals surface area contributed by atoms with Gasteiger partial charge >= 0.3 is 0 Å². The van der Waals surface area contributed by atoms with E-state index in [-0.39, 0.29) is 18.9 Å². The SMILES string of the molecule is COc1ccc2cc1/C=C\NC(=O)C(Cc1ccccc1)NC(=O)C1C(CCN1C(=O)C(NC(=O)C(C)N(C)C=O)C(C)C)O2. The molecule has 5 atom stereocenters. The molecule has 12 nitrogen and oxygen atoms in total. The average molecular weight is 620 g/mol. The molecule has 12 heteroatoms. The van der Waals surface area contributed by atoms with Crippen LogP contribution in [0.5, 0.6) is 11.5 Å². The van der Waals surface area contributed by atoms with Crippen molar-refractivity contribution in [3.8, 4) is 11.5 Å². The van der Waals surface area contributed by atoms with Crippen LogP contribution in [0.2, 0.25) is 0 Å². The molecule has 2 heterocycles. The van der Waals surface area contributed by atoms with Gasteiger partial charge in [-0.2, -0.15) is 0 Å². The number of nitrogens with one attached hydrogen (secondary N) is 3. The number of hydrogen-bond donors (Lipinski definition) is 3. The van der Waals surface area contributed by atoms with Crippen LogP contribution in [0, 0.1) is 5.92 Å². The third-order valence-electron chi connectivity index (χ3n) is 8.17. The summed E-state index contributed by atoms with van der Waals surface area (Å²) in [6.45, 7) is 5.32. The maximum atomic E-state index is 14.1. The summed E-state index contributed by atoms with van der Waals surface area (Å²) in [5.41, 5.74) is 1.48. The number of rotatable bonds is 9. The van der Waals surface area contributed by atoms with Crippen molar-refractivity contribution in [1.82, 2.24) is 25.8 Å². The van der Waals surface area contributed by atoms with Gasteiger partial charge in [0.25, 0.3) is 0 Å². The Hall–Kier alpha value is -4.87. The number of nitrogens with zero attached hydrogens (tertiary/aromatic N) is 2. The Bertz CT molecular complexity index is 1430. The highest BCUT2D eigenvalue weighted by Crippen LogP contribution is 2.30. The lowest BCUT2D eigenvalue weighted by atomic mass is 10.0. The van der Waals surface area contributed by atoms with Gasteiger partial charge in [-0.05, 0) is 42.7 Å². The summed E-state index contributed by atoms with van der Waals surface area (Å²) in [6, 6.07) is 10.6. The van der Waals surface area contributed by atoms with Crippen molar-refractivity contribution in [3.63, 3.8) is 0 Å². The first kappa shape index (κ1) is 33.0. The van der Waals surface area contributed by atoms with Crippen LogP contribution in [0.15, 0.2) is 54.7 Å². The first-order chi connectivity index (χ1) is 21.5. The van der Waals surface area contributed by atoms with E-state index in [1.54, 1.807) is 45.0 Å². The van der Waals surface area contributed by atoms with Crippen molar-refractivity contribution in [3.05, 3.63) is 65.9 Å². The fourth-order valence-corrected chi connectivity index (χ4v) is 5.41. The van der Waals surface area contributed by atoms with Crippen LogP contribution in [0.3, 0.4) is 0 Å². The summed E-state index contributed by atoms with van der Waals surface area (Å²) >= 11 is 0. The molecule has 240 valence electrons. The number of fused-ring (bicyclic) bond motifs is 3. The molecule has 2 aromatic rings. The van der Waals surface area contributed by atoms with Crippen molar-refractivity contribution >= 4 is 36.1 Å². The third kappa shape index (κ3) is 7.81. The molecule has 0 radical (unpaired) electrons. The third-order valence-corrected chi connectivity index (χ3v) is 8.17. The van der Waals surface area contributed by atoms with Crippen LogP contribution < -0.4 is 25.4 Å². The highest BCUT2D eigenvalue weighted by atomic mass is 16.5. The van der Waals surface area contributed by atoms with Crippen LogP contribution in [0.4, 0.5) is 0 Å². The lowest BCUT2D eigenvalue weighted by molar-refractivity contribution is -0.145. The number of carbonyl (C=O) groups excluding carboxylic acids is 5. The van der Waals surface area contributed by atoms with Gasteiger partial charge in [-0.1, -0.05) is 44.2 Å². The van der Waals surface area contributed by atoms with E-state index in [4.69, 9.17) is 9.47 Å². The molecule has 5 unspecified atom stereocenters. The Morgan fingerprint density at radius 2 is 1.87 bits per heavy atom. The number of amides is 5. The Balaban J connectivity index is 1.70. The summed E-state index contributed by atoms with van der Waals surface area (Å²) in [6.07, 6.45) is 3.51. The predicted molar refractivity (Wildman–Crippen MR) is 167 cm³/mol. The van der Waals surface area contributed by atoms with Crippen LogP contribution in [-0.4, -0.2) is 90.8 Å². The molecule has 5 amide bonds. The van der Waals surface area contributed by atoms with Gasteiger partial charge in [0.05, 0.1) is 7.11 Å². The normalized spacial score (nSPS) is 21.7. The summed E-state index contributed by atoms with van der Waals surface area (Å²) in [4.78, 5) is 68.4. The Morgan fingerprint density at radius 1 is 1.13 bits per heavy atom. The second-order valence-corrected chi connectivity index (χ2v) is 11.6. The first-order valence-corrected chi connectivity index (χ1v) is 15.0. The van der Waals surface area contributed by atoms with E-state index in [0.717, 1.165) is 5.56 Å². The molecule has 1 saturated heterocycles. The molecule has 3 N–H and O–H groups in total. The van der Waals surface area contributed by atoms with Crippen LogP contribution in [0.25, 0.3) is 6.08 Å². The topological polar surface area (TPSA) is 146 Å². The number of benzene rings is 2. The zero-order chi connectivity index (χ0) is 32.7. The Morgan fingerprint density at radius 3 is 2.53 bits per heavy atom. The smallest absolute Gasteiger partial charge is 0.247 e. The average Bonchev–Trinajstić information content (AvgIpc) is 3.45. The summed E-state index contributed by atoms with van der Waals surface area (Å²) < 4.78 is 11.8. The maximum Gasteiger partial charge on any atom is 0.247 e. The molecule has 2 bridgehead atoms. The molecule has 2 aliphatic rings. The monoisotopic (exact) mass is 619 g/mol. The Kier molecular flexibility index (Phi) is 10.8. The first-order valence-electron chi connectivity index (χ1n) is 15.0. The lowest BCUT2D eigenvalue weighted by Crippen LogP contribution is -2.60. The van der Waals surface area contributed by atoms with Gasteiger partial charge in [0.1, 0.15) is 41.8 Å². The highest BCUT2D eigenvalue weighted by Gasteiger charge is 2.46. The van der Waals surface area contributed by atoms with Gasteiger partial charge in [-0.3, -0.25) is 24.0 Å². The van der Waals surface area contributed by atoms with Crippen LogP contribution in [0.1, 0.15) is 38.3 Å².